The molecule has 3 fully saturated rings. The molecule has 190 valence electrons. The summed E-state index contributed by atoms with van der Waals surface area (Å²) in [6.45, 7) is 7.26. The van der Waals surface area contributed by atoms with Gasteiger partial charge in [-0.05, 0) is 51.3 Å². The first-order chi connectivity index (χ1) is 17.1. The van der Waals surface area contributed by atoms with Gasteiger partial charge in [-0.25, -0.2) is 14.2 Å². The first-order valence-electron chi connectivity index (χ1n) is 12.4. The fourth-order valence-corrected chi connectivity index (χ4v) is 6.31. The number of aromatic amines is 1. The van der Waals surface area contributed by atoms with Gasteiger partial charge in [0.25, 0.3) is 0 Å². The van der Waals surface area contributed by atoms with Gasteiger partial charge >= 0.3 is 6.03 Å². The summed E-state index contributed by atoms with van der Waals surface area (Å²) in [6, 6.07) is 6.13. The second-order valence-corrected chi connectivity index (χ2v) is 11.1. The number of nitrogens with one attached hydrogen (secondary N) is 3. The van der Waals surface area contributed by atoms with Gasteiger partial charge in [-0.15, -0.1) is 0 Å². The average Bonchev–Trinajstić information content (AvgIpc) is 3.57. The Kier molecular flexibility index (Phi) is 5.24. The van der Waals surface area contributed by atoms with Crippen LogP contribution in [0.2, 0.25) is 0 Å². The SMILES string of the molecule is CC12CCC(O1)C1CN(c3n[nH]c4cc(NC(=O)N[C@@H](c5ccc(F)cc5)C(C)(C)O)ncc34)CC12. The van der Waals surface area contributed by atoms with E-state index < -0.39 is 17.7 Å². The van der Waals surface area contributed by atoms with Crippen LogP contribution in [0.4, 0.5) is 20.8 Å². The molecule has 3 aliphatic rings. The molecule has 10 heteroatoms. The van der Waals surface area contributed by atoms with E-state index in [2.05, 4.69) is 37.6 Å². The van der Waals surface area contributed by atoms with E-state index in [4.69, 9.17) is 4.74 Å². The second-order valence-electron chi connectivity index (χ2n) is 11.1. The maximum Gasteiger partial charge on any atom is 0.320 e. The predicted octanol–water partition coefficient (Wildman–Crippen LogP) is 3.73. The van der Waals surface area contributed by atoms with Gasteiger partial charge in [-0.1, -0.05) is 12.1 Å². The molecule has 36 heavy (non-hydrogen) atoms. The number of nitrogens with zero attached hydrogens (tertiary/aromatic N) is 3. The van der Waals surface area contributed by atoms with Crippen molar-refractivity contribution in [2.24, 2.45) is 11.8 Å². The van der Waals surface area contributed by atoms with Crippen molar-refractivity contribution in [3.63, 3.8) is 0 Å². The summed E-state index contributed by atoms with van der Waals surface area (Å²) in [6.07, 6.45) is 4.34. The van der Waals surface area contributed by atoms with Crippen molar-refractivity contribution in [3.8, 4) is 0 Å². The number of ether oxygens (including phenoxy) is 1. The number of aliphatic hydroxyl groups is 1. The maximum absolute atomic E-state index is 13.4. The van der Waals surface area contributed by atoms with Crippen LogP contribution in [0.3, 0.4) is 0 Å². The normalized spacial score (nSPS) is 27.9. The molecule has 5 atom stereocenters. The van der Waals surface area contributed by atoms with Crippen LogP contribution in [0.15, 0.2) is 36.5 Å². The Morgan fingerprint density at radius 2 is 2.11 bits per heavy atom. The largest absolute Gasteiger partial charge is 0.388 e. The molecule has 3 saturated heterocycles. The first-order valence-corrected chi connectivity index (χ1v) is 12.4. The maximum atomic E-state index is 13.4. The highest BCUT2D eigenvalue weighted by atomic mass is 19.1. The fraction of sp³-hybridized carbons (Fsp3) is 0.500. The third-order valence-electron chi connectivity index (χ3n) is 8.13. The van der Waals surface area contributed by atoms with Crippen molar-refractivity contribution in [2.75, 3.05) is 23.3 Å². The molecule has 2 amide bonds. The molecule has 3 aromatic rings. The number of carbonyl (C=O) groups excluding carboxylic acids is 1. The van der Waals surface area contributed by atoms with Crippen molar-refractivity contribution < 1.29 is 19.0 Å². The Balaban J connectivity index is 1.16. The number of hydrogen-bond acceptors (Lipinski definition) is 6. The lowest BCUT2D eigenvalue weighted by Crippen LogP contribution is -2.44. The number of amides is 2. The van der Waals surface area contributed by atoms with Crippen molar-refractivity contribution in [1.29, 1.82) is 0 Å². The van der Waals surface area contributed by atoms with Crippen molar-refractivity contribution in [1.82, 2.24) is 20.5 Å². The lowest BCUT2D eigenvalue weighted by atomic mass is 9.75. The Morgan fingerprint density at radius 1 is 1.33 bits per heavy atom. The van der Waals surface area contributed by atoms with E-state index in [9.17, 15) is 14.3 Å². The number of hydrogen-bond donors (Lipinski definition) is 4. The highest BCUT2D eigenvalue weighted by Crippen LogP contribution is 2.54. The standard InChI is InChI=1S/C26H31FN6O3/c1-25(2,35)22(14-4-6-15(27)7-5-14)30-24(34)29-21-10-19-16(11-28-21)23(32-31-19)33-12-17-18(13-33)26(3)9-8-20(17)36-26/h4-7,10-11,17-18,20,22,35H,8-9,12-13H2,1-3H3,(H,31,32)(H2,28,29,30,34)/t17?,18?,20?,22-,26?/m0/s1. The number of aromatic nitrogens is 3. The van der Waals surface area contributed by atoms with Gasteiger partial charge < -0.3 is 20.1 Å². The molecular formula is C26H31FN6O3. The van der Waals surface area contributed by atoms with E-state index >= 15 is 0 Å². The molecule has 2 aromatic heterocycles. The van der Waals surface area contributed by atoms with Gasteiger partial charge in [-0.3, -0.25) is 10.4 Å². The number of carbonyl (C=O) groups is 1. The van der Waals surface area contributed by atoms with E-state index in [-0.39, 0.29) is 11.4 Å². The van der Waals surface area contributed by atoms with Crippen LogP contribution in [0.5, 0.6) is 0 Å². The van der Waals surface area contributed by atoms with Gasteiger partial charge in [0, 0.05) is 37.2 Å². The summed E-state index contributed by atoms with van der Waals surface area (Å²) >= 11 is 0. The minimum atomic E-state index is -1.28. The zero-order valence-corrected chi connectivity index (χ0v) is 20.6. The number of benzene rings is 1. The number of anilines is 2. The Bertz CT molecular complexity index is 1310. The van der Waals surface area contributed by atoms with Crippen LogP contribution >= 0.6 is 0 Å². The highest BCUT2D eigenvalue weighted by Gasteiger charge is 2.59. The van der Waals surface area contributed by atoms with E-state index in [0.717, 1.165) is 42.7 Å². The molecule has 0 spiro atoms. The molecule has 6 rings (SSSR count). The van der Waals surface area contributed by atoms with E-state index in [0.29, 0.717) is 29.3 Å². The molecule has 1 aromatic carbocycles. The topological polar surface area (TPSA) is 115 Å². The number of urea groups is 1. The molecule has 2 bridgehead atoms. The first kappa shape index (κ1) is 23.2. The molecule has 4 unspecified atom stereocenters. The monoisotopic (exact) mass is 494 g/mol. The molecule has 5 heterocycles. The van der Waals surface area contributed by atoms with Crippen LogP contribution in [0.25, 0.3) is 10.9 Å². The lowest BCUT2D eigenvalue weighted by molar-refractivity contribution is 0.00663. The van der Waals surface area contributed by atoms with Crippen LogP contribution in [-0.4, -0.2) is 56.7 Å². The van der Waals surface area contributed by atoms with E-state index in [1.54, 1.807) is 38.2 Å². The summed E-state index contributed by atoms with van der Waals surface area (Å²) in [5.74, 6) is 1.90. The van der Waals surface area contributed by atoms with Crippen molar-refractivity contribution >= 4 is 28.6 Å². The van der Waals surface area contributed by atoms with Gasteiger partial charge in [0.05, 0.1) is 34.3 Å². The van der Waals surface area contributed by atoms with Crippen LogP contribution in [0, 0.1) is 17.7 Å². The van der Waals surface area contributed by atoms with Crippen LogP contribution < -0.4 is 15.5 Å². The third-order valence-corrected chi connectivity index (χ3v) is 8.13. The third kappa shape index (κ3) is 3.88. The van der Waals surface area contributed by atoms with Crippen molar-refractivity contribution in [2.45, 2.75) is 57.0 Å². The summed E-state index contributed by atoms with van der Waals surface area (Å²) in [4.78, 5) is 19.5. The molecule has 3 aliphatic heterocycles. The average molecular weight is 495 g/mol. The zero-order chi connectivity index (χ0) is 25.2. The summed E-state index contributed by atoms with van der Waals surface area (Å²) in [5.41, 5.74) is 0.0629. The molecule has 9 nitrogen and oxygen atoms in total. The van der Waals surface area contributed by atoms with E-state index in [1.807, 2.05) is 0 Å². The Labute approximate surface area is 208 Å². The minimum absolute atomic E-state index is 0.0200. The van der Waals surface area contributed by atoms with Gasteiger partial charge in [-0.2, -0.15) is 5.10 Å². The van der Waals surface area contributed by atoms with Gasteiger partial charge in [0.2, 0.25) is 0 Å². The summed E-state index contributed by atoms with van der Waals surface area (Å²) in [5, 5.41) is 24.7. The van der Waals surface area contributed by atoms with Crippen molar-refractivity contribution in [3.05, 3.63) is 47.9 Å². The number of H-pyrrole nitrogens is 1. The quantitative estimate of drug-likeness (QED) is 0.430. The van der Waals surface area contributed by atoms with E-state index in [1.165, 1.54) is 12.1 Å². The zero-order valence-electron chi connectivity index (χ0n) is 20.6. The van der Waals surface area contributed by atoms with Gasteiger partial charge in [0.15, 0.2) is 5.82 Å². The lowest BCUT2D eigenvalue weighted by Gasteiger charge is -2.30. The number of halogens is 1. The molecule has 0 radical (unpaired) electrons. The minimum Gasteiger partial charge on any atom is -0.388 e. The number of fused-ring (bicyclic) bond motifs is 6. The summed E-state index contributed by atoms with van der Waals surface area (Å²) < 4.78 is 19.6. The molecule has 0 saturated carbocycles. The Hall–Kier alpha value is -3.24. The highest BCUT2D eigenvalue weighted by molar-refractivity contribution is 5.94. The van der Waals surface area contributed by atoms with Crippen LogP contribution in [0.1, 0.15) is 45.2 Å². The smallest absolute Gasteiger partial charge is 0.320 e. The number of pyridine rings is 1. The molecular weight excluding hydrogens is 463 g/mol. The summed E-state index contributed by atoms with van der Waals surface area (Å²) in [7, 11) is 0. The predicted molar refractivity (Wildman–Crippen MR) is 133 cm³/mol. The molecule has 0 aliphatic carbocycles. The van der Waals surface area contributed by atoms with Crippen LogP contribution in [-0.2, 0) is 4.74 Å². The Morgan fingerprint density at radius 3 is 2.83 bits per heavy atom. The molecule has 4 N–H and O–H groups in total. The fourth-order valence-electron chi connectivity index (χ4n) is 6.31. The van der Waals surface area contributed by atoms with Gasteiger partial charge in [0.1, 0.15) is 11.6 Å². The second kappa shape index (κ2) is 8.14. The number of rotatable bonds is 5.